The van der Waals surface area contributed by atoms with E-state index in [2.05, 4.69) is 17.6 Å². The van der Waals surface area contributed by atoms with Crippen molar-refractivity contribution < 1.29 is 19.8 Å². The zero-order chi connectivity index (χ0) is 14.0. The van der Waals surface area contributed by atoms with E-state index >= 15 is 0 Å². The average Bonchev–Trinajstić information content (AvgIpc) is 2.79. The SMILES string of the molecule is CC1CCC(NC(=O)C2CC(O)CN2)(C(=O)O)CC1. The average molecular weight is 270 g/mol. The molecule has 0 radical (unpaired) electrons. The highest BCUT2D eigenvalue weighted by molar-refractivity contribution is 5.89. The Hall–Kier alpha value is -1.14. The Morgan fingerprint density at radius 1 is 1.32 bits per heavy atom. The van der Waals surface area contributed by atoms with E-state index in [0.717, 1.165) is 12.8 Å². The Balaban J connectivity index is 2.01. The van der Waals surface area contributed by atoms with Crippen molar-refractivity contribution in [3.63, 3.8) is 0 Å². The van der Waals surface area contributed by atoms with Crippen molar-refractivity contribution in [2.45, 2.75) is 56.7 Å². The minimum Gasteiger partial charge on any atom is -0.480 e. The number of carbonyl (C=O) groups is 2. The quantitative estimate of drug-likeness (QED) is 0.572. The predicted octanol–water partition coefficient (Wildman–Crippen LogP) is -0.141. The zero-order valence-corrected chi connectivity index (χ0v) is 11.2. The summed E-state index contributed by atoms with van der Waals surface area (Å²) >= 11 is 0. The summed E-state index contributed by atoms with van der Waals surface area (Å²) in [6, 6.07) is -0.481. The van der Waals surface area contributed by atoms with Crippen LogP contribution in [0.25, 0.3) is 0 Å². The number of aliphatic hydroxyl groups is 1. The number of rotatable bonds is 3. The molecule has 2 aliphatic rings. The van der Waals surface area contributed by atoms with Gasteiger partial charge < -0.3 is 20.8 Å². The van der Waals surface area contributed by atoms with E-state index in [4.69, 9.17) is 0 Å². The molecule has 1 saturated heterocycles. The number of nitrogens with one attached hydrogen (secondary N) is 2. The fourth-order valence-electron chi connectivity index (χ4n) is 2.89. The summed E-state index contributed by atoms with van der Waals surface area (Å²) in [6.07, 6.45) is 2.40. The van der Waals surface area contributed by atoms with Gasteiger partial charge in [0.1, 0.15) is 5.54 Å². The van der Waals surface area contributed by atoms with E-state index in [1.165, 1.54) is 0 Å². The molecule has 2 unspecified atom stereocenters. The molecule has 2 atom stereocenters. The van der Waals surface area contributed by atoms with E-state index in [1.54, 1.807) is 0 Å². The molecule has 6 nitrogen and oxygen atoms in total. The number of amides is 1. The van der Waals surface area contributed by atoms with Gasteiger partial charge in [0, 0.05) is 6.54 Å². The lowest BCUT2D eigenvalue weighted by atomic mass is 9.77. The van der Waals surface area contributed by atoms with Crippen LogP contribution in [-0.4, -0.2) is 46.3 Å². The fourth-order valence-corrected chi connectivity index (χ4v) is 2.89. The zero-order valence-electron chi connectivity index (χ0n) is 11.2. The van der Waals surface area contributed by atoms with Crippen LogP contribution in [0.15, 0.2) is 0 Å². The van der Waals surface area contributed by atoms with E-state index in [9.17, 15) is 19.8 Å². The van der Waals surface area contributed by atoms with Crippen molar-refractivity contribution in [3.05, 3.63) is 0 Å². The number of β-amino-alcohol motifs (C(OH)–C–C–N with tert-alkyl or cyclic N) is 1. The first-order valence-corrected chi connectivity index (χ1v) is 6.90. The highest BCUT2D eigenvalue weighted by Crippen LogP contribution is 2.32. The summed E-state index contributed by atoms with van der Waals surface area (Å²) in [7, 11) is 0. The Kier molecular flexibility index (Phi) is 4.10. The molecule has 0 aromatic rings. The lowest BCUT2D eigenvalue weighted by molar-refractivity contribution is -0.150. The van der Waals surface area contributed by atoms with Crippen LogP contribution in [0.1, 0.15) is 39.0 Å². The molecule has 0 spiro atoms. The molecule has 0 aromatic carbocycles. The number of aliphatic carboxylic acids is 1. The first-order chi connectivity index (χ1) is 8.93. The van der Waals surface area contributed by atoms with E-state index in [-0.39, 0.29) is 5.91 Å². The maximum absolute atomic E-state index is 12.1. The number of hydrogen-bond acceptors (Lipinski definition) is 4. The van der Waals surface area contributed by atoms with Crippen LogP contribution in [0.3, 0.4) is 0 Å². The minimum atomic E-state index is -1.13. The van der Waals surface area contributed by atoms with Crippen molar-refractivity contribution >= 4 is 11.9 Å². The van der Waals surface area contributed by atoms with Gasteiger partial charge in [0.05, 0.1) is 12.1 Å². The van der Waals surface area contributed by atoms with E-state index in [0.29, 0.717) is 31.7 Å². The van der Waals surface area contributed by atoms with Crippen LogP contribution in [0.2, 0.25) is 0 Å². The molecule has 1 aliphatic carbocycles. The van der Waals surface area contributed by atoms with Crippen LogP contribution in [0.4, 0.5) is 0 Å². The van der Waals surface area contributed by atoms with Crippen molar-refractivity contribution in [3.8, 4) is 0 Å². The Morgan fingerprint density at radius 3 is 2.42 bits per heavy atom. The second-order valence-corrected chi connectivity index (χ2v) is 5.91. The van der Waals surface area contributed by atoms with Gasteiger partial charge in [0.25, 0.3) is 0 Å². The molecule has 0 aromatic heterocycles. The van der Waals surface area contributed by atoms with Crippen LogP contribution in [-0.2, 0) is 9.59 Å². The van der Waals surface area contributed by atoms with Crippen LogP contribution in [0.5, 0.6) is 0 Å². The molecule has 1 aliphatic heterocycles. The molecular weight excluding hydrogens is 248 g/mol. The summed E-state index contributed by atoms with van der Waals surface area (Å²) in [5.74, 6) is -0.754. The van der Waals surface area contributed by atoms with E-state index in [1.807, 2.05) is 0 Å². The number of carboxylic acid groups (broad SMARTS) is 1. The lowest BCUT2D eigenvalue weighted by Gasteiger charge is -2.37. The van der Waals surface area contributed by atoms with Gasteiger partial charge in [-0.05, 0) is 38.0 Å². The largest absolute Gasteiger partial charge is 0.480 e. The first-order valence-electron chi connectivity index (χ1n) is 6.90. The van der Waals surface area contributed by atoms with Crippen molar-refractivity contribution in [2.24, 2.45) is 5.92 Å². The monoisotopic (exact) mass is 270 g/mol. The summed E-state index contributed by atoms with van der Waals surface area (Å²) in [4.78, 5) is 23.6. The van der Waals surface area contributed by atoms with Gasteiger partial charge in [-0.2, -0.15) is 0 Å². The minimum absolute atomic E-state index is 0.312. The molecule has 2 rings (SSSR count). The summed E-state index contributed by atoms with van der Waals surface area (Å²) in [5, 5.41) is 24.4. The van der Waals surface area contributed by atoms with Crippen molar-refractivity contribution in [2.75, 3.05) is 6.54 Å². The summed E-state index contributed by atoms with van der Waals surface area (Å²) in [6.45, 7) is 2.48. The summed E-state index contributed by atoms with van der Waals surface area (Å²) < 4.78 is 0. The molecular formula is C13H22N2O4. The third-order valence-corrected chi connectivity index (χ3v) is 4.32. The maximum atomic E-state index is 12.1. The molecule has 4 N–H and O–H groups in total. The van der Waals surface area contributed by atoms with Crippen LogP contribution >= 0.6 is 0 Å². The summed E-state index contributed by atoms with van der Waals surface area (Å²) in [5.41, 5.74) is -1.13. The predicted molar refractivity (Wildman–Crippen MR) is 68.6 cm³/mol. The molecule has 1 amide bonds. The Bertz CT molecular complexity index is 364. The molecule has 108 valence electrons. The standard InChI is InChI=1S/C13H22N2O4/c1-8-2-4-13(5-3-8,12(18)19)15-11(17)10-6-9(16)7-14-10/h8-10,14,16H,2-7H2,1H3,(H,15,17)(H,18,19). The number of hydrogen-bond donors (Lipinski definition) is 4. The fraction of sp³-hybridized carbons (Fsp3) is 0.846. The smallest absolute Gasteiger partial charge is 0.329 e. The van der Waals surface area contributed by atoms with Crippen molar-refractivity contribution in [1.29, 1.82) is 0 Å². The van der Waals surface area contributed by atoms with Crippen LogP contribution in [0, 0.1) is 5.92 Å². The number of aliphatic hydroxyl groups excluding tert-OH is 1. The van der Waals surface area contributed by atoms with Crippen molar-refractivity contribution in [1.82, 2.24) is 10.6 Å². The number of carboxylic acids is 1. The Labute approximate surface area is 112 Å². The third-order valence-electron chi connectivity index (χ3n) is 4.32. The Morgan fingerprint density at radius 2 is 1.95 bits per heavy atom. The number of carbonyl (C=O) groups excluding carboxylic acids is 1. The maximum Gasteiger partial charge on any atom is 0.329 e. The third kappa shape index (κ3) is 3.06. The van der Waals surface area contributed by atoms with Gasteiger partial charge >= 0.3 is 5.97 Å². The van der Waals surface area contributed by atoms with Crippen LogP contribution < -0.4 is 10.6 Å². The second-order valence-electron chi connectivity index (χ2n) is 5.91. The van der Waals surface area contributed by atoms with Gasteiger partial charge in [-0.3, -0.25) is 4.79 Å². The highest BCUT2D eigenvalue weighted by atomic mass is 16.4. The normalized spacial score (nSPS) is 38.9. The van der Waals surface area contributed by atoms with Gasteiger partial charge in [0.15, 0.2) is 0 Å². The van der Waals surface area contributed by atoms with Gasteiger partial charge in [0.2, 0.25) is 5.91 Å². The second kappa shape index (κ2) is 5.46. The molecule has 6 heteroatoms. The highest BCUT2D eigenvalue weighted by Gasteiger charge is 2.44. The van der Waals surface area contributed by atoms with Gasteiger partial charge in [-0.15, -0.1) is 0 Å². The van der Waals surface area contributed by atoms with E-state index < -0.39 is 23.7 Å². The topological polar surface area (TPSA) is 98.7 Å². The molecule has 1 saturated carbocycles. The first kappa shape index (κ1) is 14.3. The molecule has 2 fully saturated rings. The molecule has 19 heavy (non-hydrogen) atoms. The molecule has 0 bridgehead atoms. The van der Waals surface area contributed by atoms with Gasteiger partial charge in [-0.1, -0.05) is 6.92 Å². The lowest BCUT2D eigenvalue weighted by Crippen LogP contribution is -2.59. The molecule has 1 heterocycles. The van der Waals surface area contributed by atoms with Gasteiger partial charge in [-0.25, -0.2) is 4.79 Å².